The molecule has 9 nitrogen and oxygen atoms in total. The van der Waals surface area contributed by atoms with E-state index in [0.717, 1.165) is 19.3 Å². The van der Waals surface area contributed by atoms with E-state index >= 15 is 0 Å². The molecule has 1 fully saturated rings. The summed E-state index contributed by atoms with van der Waals surface area (Å²) in [7, 11) is 1.37. The lowest BCUT2D eigenvalue weighted by Gasteiger charge is -2.29. The number of amides is 1. The van der Waals surface area contributed by atoms with Crippen molar-refractivity contribution in [2.24, 2.45) is 0 Å². The van der Waals surface area contributed by atoms with E-state index in [1.807, 2.05) is 0 Å². The van der Waals surface area contributed by atoms with Crippen LogP contribution in [0.4, 0.5) is 11.4 Å². The molecule has 0 saturated heterocycles. The number of nitro groups is 1. The van der Waals surface area contributed by atoms with Gasteiger partial charge in [-0.2, -0.15) is 0 Å². The molecular formula is C16H20N2O7. The lowest BCUT2D eigenvalue weighted by atomic mass is 9.85. The van der Waals surface area contributed by atoms with Crippen LogP contribution in [0, 0.1) is 10.1 Å². The Morgan fingerprint density at radius 1 is 1.32 bits per heavy atom. The second-order valence-electron chi connectivity index (χ2n) is 5.86. The fourth-order valence-electron chi connectivity index (χ4n) is 2.69. The van der Waals surface area contributed by atoms with Crippen LogP contribution in [-0.2, 0) is 14.3 Å². The Bertz CT molecular complexity index is 668. The van der Waals surface area contributed by atoms with Gasteiger partial charge in [0.2, 0.25) is 0 Å². The highest BCUT2D eigenvalue weighted by Gasteiger charge is 2.38. The Hall–Kier alpha value is -2.68. The van der Waals surface area contributed by atoms with E-state index in [1.165, 1.54) is 25.3 Å². The quantitative estimate of drug-likeness (QED) is 0.453. The zero-order valence-corrected chi connectivity index (χ0v) is 13.8. The normalized spacial score (nSPS) is 15.9. The van der Waals surface area contributed by atoms with Crippen LogP contribution in [0.3, 0.4) is 0 Å². The molecule has 2 N–H and O–H groups in total. The summed E-state index contributed by atoms with van der Waals surface area (Å²) < 4.78 is 9.78. The van der Waals surface area contributed by atoms with E-state index in [4.69, 9.17) is 9.47 Å². The van der Waals surface area contributed by atoms with Crippen LogP contribution in [0.25, 0.3) is 0 Å². The van der Waals surface area contributed by atoms with Crippen molar-refractivity contribution >= 4 is 23.3 Å². The van der Waals surface area contributed by atoms with E-state index in [9.17, 15) is 24.8 Å². The fourth-order valence-corrected chi connectivity index (χ4v) is 2.69. The number of methoxy groups -OCH3 is 1. The molecule has 1 aliphatic rings. The van der Waals surface area contributed by atoms with Crippen LogP contribution in [0.1, 0.15) is 32.1 Å². The van der Waals surface area contributed by atoms with Gasteiger partial charge in [-0.15, -0.1) is 0 Å². The first kappa shape index (κ1) is 18.7. The zero-order valence-electron chi connectivity index (χ0n) is 13.8. The lowest BCUT2D eigenvalue weighted by molar-refractivity contribution is -0.384. The molecule has 1 aliphatic carbocycles. The van der Waals surface area contributed by atoms with Crippen LogP contribution in [0.2, 0.25) is 0 Å². The molecule has 25 heavy (non-hydrogen) atoms. The first-order chi connectivity index (χ1) is 11.9. The van der Waals surface area contributed by atoms with Gasteiger partial charge in [0.25, 0.3) is 11.6 Å². The highest BCUT2D eigenvalue weighted by atomic mass is 16.6. The van der Waals surface area contributed by atoms with Crippen molar-refractivity contribution in [2.75, 3.05) is 19.0 Å². The maximum absolute atomic E-state index is 12.0. The summed E-state index contributed by atoms with van der Waals surface area (Å²) in [6.45, 7) is -0.635. The van der Waals surface area contributed by atoms with Crippen molar-refractivity contribution in [3.05, 3.63) is 28.3 Å². The van der Waals surface area contributed by atoms with Crippen LogP contribution >= 0.6 is 0 Å². The number of nitrogens with zero attached hydrogens (tertiary/aromatic N) is 1. The van der Waals surface area contributed by atoms with Crippen molar-refractivity contribution in [1.29, 1.82) is 0 Å². The number of rotatable bonds is 6. The number of hydrogen-bond donors (Lipinski definition) is 2. The van der Waals surface area contributed by atoms with E-state index in [1.54, 1.807) is 0 Å². The van der Waals surface area contributed by atoms with Gasteiger partial charge < -0.3 is 19.9 Å². The van der Waals surface area contributed by atoms with E-state index in [2.05, 4.69) is 5.32 Å². The largest absolute Gasteiger partial charge is 0.496 e. The summed E-state index contributed by atoms with van der Waals surface area (Å²) in [5.74, 6) is -1.30. The average Bonchev–Trinajstić information content (AvgIpc) is 2.60. The highest BCUT2D eigenvalue weighted by molar-refractivity contribution is 5.95. The van der Waals surface area contributed by atoms with Crippen LogP contribution in [-0.4, -0.2) is 41.2 Å². The van der Waals surface area contributed by atoms with Crippen molar-refractivity contribution < 1.29 is 29.1 Å². The minimum absolute atomic E-state index is 0.0387. The van der Waals surface area contributed by atoms with Gasteiger partial charge in [-0.3, -0.25) is 14.9 Å². The molecular weight excluding hydrogens is 332 g/mol. The minimum atomic E-state index is -1.55. The molecule has 2 rings (SSSR count). The van der Waals surface area contributed by atoms with Crippen LogP contribution < -0.4 is 10.1 Å². The molecule has 0 bridgehead atoms. The van der Waals surface area contributed by atoms with Gasteiger partial charge in [0.05, 0.1) is 18.1 Å². The van der Waals surface area contributed by atoms with Gasteiger partial charge in [-0.05, 0) is 37.8 Å². The van der Waals surface area contributed by atoms with Gasteiger partial charge in [0, 0.05) is 0 Å². The number of aliphatic hydroxyl groups is 1. The molecule has 1 aromatic rings. The standard InChI is InChI=1S/C16H20N2O7/c1-24-11-5-6-12(13(9-11)18(22)23)17-14(19)10-25-15(20)16(21)7-3-2-4-8-16/h5-6,9,21H,2-4,7-8,10H2,1H3,(H,17,19). The number of nitro benzene ring substituents is 1. The summed E-state index contributed by atoms with van der Waals surface area (Å²) in [6, 6.07) is 3.96. The van der Waals surface area contributed by atoms with E-state index < -0.39 is 29.0 Å². The summed E-state index contributed by atoms with van der Waals surface area (Å²) in [6.07, 6.45) is 2.98. The molecule has 0 aromatic heterocycles. The number of carbonyl (C=O) groups is 2. The maximum Gasteiger partial charge on any atom is 0.338 e. The zero-order chi connectivity index (χ0) is 18.4. The molecule has 0 unspecified atom stereocenters. The number of esters is 1. The molecule has 9 heteroatoms. The summed E-state index contributed by atoms with van der Waals surface area (Å²) in [4.78, 5) is 34.3. The van der Waals surface area contributed by atoms with Gasteiger partial charge in [0.15, 0.2) is 12.2 Å². The predicted molar refractivity (Wildman–Crippen MR) is 87.3 cm³/mol. The summed E-state index contributed by atoms with van der Waals surface area (Å²) >= 11 is 0. The van der Waals surface area contributed by atoms with Gasteiger partial charge in [-0.25, -0.2) is 4.79 Å². The number of anilines is 1. The average molecular weight is 352 g/mol. The van der Waals surface area contributed by atoms with E-state index in [0.29, 0.717) is 12.8 Å². The van der Waals surface area contributed by atoms with Crippen LogP contribution in [0.5, 0.6) is 5.75 Å². The van der Waals surface area contributed by atoms with Crippen molar-refractivity contribution in [1.82, 2.24) is 0 Å². The minimum Gasteiger partial charge on any atom is -0.496 e. The number of benzene rings is 1. The molecule has 0 atom stereocenters. The van der Waals surface area contributed by atoms with Crippen molar-refractivity contribution in [3.63, 3.8) is 0 Å². The van der Waals surface area contributed by atoms with Crippen LogP contribution in [0.15, 0.2) is 18.2 Å². The molecule has 0 heterocycles. The molecule has 0 radical (unpaired) electrons. The molecule has 0 aliphatic heterocycles. The summed E-state index contributed by atoms with van der Waals surface area (Å²) in [5, 5.41) is 23.6. The third-order valence-corrected chi connectivity index (χ3v) is 4.07. The van der Waals surface area contributed by atoms with E-state index in [-0.39, 0.29) is 17.1 Å². The third-order valence-electron chi connectivity index (χ3n) is 4.07. The van der Waals surface area contributed by atoms with Gasteiger partial charge >= 0.3 is 5.97 Å². The number of hydrogen-bond acceptors (Lipinski definition) is 7. The number of ether oxygens (including phenoxy) is 2. The second kappa shape index (κ2) is 7.93. The Kier molecular flexibility index (Phi) is 5.92. The van der Waals surface area contributed by atoms with Gasteiger partial charge in [0.1, 0.15) is 11.4 Å². The highest BCUT2D eigenvalue weighted by Crippen LogP contribution is 2.30. The molecule has 1 amide bonds. The second-order valence-corrected chi connectivity index (χ2v) is 5.86. The lowest BCUT2D eigenvalue weighted by Crippen LogP contribution is -2.42. The first-order valence-electron chi connectivity index (χ1n) is 7.87. The van der Waals surface area contributed by atoms with Crippen molar-refractivity contribution in [3.8, 4) is 5.75 Å². The number of carbonyl (C=O) groups excluding carboxylic acids is 2. The topological polar surface area (TPSA) is 128 Å². The Labute approximate surface area is 144 Å². The van der Waals surface area contributed by atoms with Crippen molar-refractivity contribution in [2.45, 2.75) is 37.7 Å². The Morgan fingerprint density at radius 2 is 2.00 bits per heavy atom. The molecule has 136 valence electrons. The Morgan fingerprint density at radius 3 is 2.60 bits per heavy atom. The number of nitrogens with one attached hydrogen (secondary N) is 1. The molecule has 0 spiro atoms. The molecule has 1 saturated carbocycles. The Balaban J connectivity index is 1.96. The smallest absolute Gasteiger partial charge is 0.338 e. The monoisotopic (exact) mass is 352 g/mol. The maximum atomic E-state index is 12.0. The third kappa shape index (κ3) is 4.66. The SMILES string of the molecule is COc1ccc(NC(=O)COC(=O)C2(O)CCCCC2)c([N+](=O)[O-])c1. The van der Waals surface area contributed by atoms with Gasteiger partial charge in [-0.1, -0.05) is 6.42 Å². The summed E-state index contributed by atoms with van der Waals surface area (Å²) in [5.41, 5.74) is -1.93. The first-order valence-corrected chi connectivity index (χ1v) is 7.87. The fraction of sp³-hybridized carbons (Fsp3) is 0.500. The predicted octanol–water partition coefficient (Wildman–Crippen LogP) is 1.78. The molecule has 1 aromatic carbocycles.